The maximum Gasteiger partial charge on any atom is 0.407 e. The zero-order valence-electron chi connectivity index (χ0n) is 15.2. The molecule has 138 valence electrons. The Labute approximate surface area is 154 Å². The van der Waals surface area contributed by atoms with Crippen molar-refractivity contribution in [2.75, 3.05) is 6.61 Å². The van der Waals surface area contributed by atoms with Crippen LogP contribution in [0.4, 0.5) is 4.79 Å². The monoisotopic (exact) mass is 355 g/mol. The van der Waals surface area contributed by atoms with Gasteiger partial charge in [-0.25, -0.2) is 4.79 Å². The van der Waals surface area contributed by atoms with E-state index in [4.69, 9.17) is 9.47 Å². The van der Waals surface area contributed by atoms with Crippen molar-refractivity contribution in [3.05, 3.63) is 65.7 Å². The van der Waals surface area contributed by atoms with Gasteiger partial charge in [-0.3, -0.25) is 4.79 Å². The van der Waals surface area contributed by atoms with Crippen molar-refractivity contribution >= 4 is 11.9 Å². The first-order chi connectivity index (χ1) is 12.6. The number of amides is 1. The first kappa shape index (κ1) is 19.5. The van der Waals surface area contributed by atoms with Gasteiger partial charge in [0.1, 0.15) is 12.4 Å². The van der Waals surface area contributed by atoms with E-state index in [1.54, 1.807) is 24.3 Å². The van der Waals surface area contributed by atoms with Gasteiger partial charge in [0.25, 0.3) is 0 Å². The Kier molecular flexibility index (Phi) is 7.68. The van der Waals surface area contributed by atoms with Gasteiger partial charge in [0.05, 0.1) is 0 Å². The Morgan fingerprint density at radius 3 is 2.38 bits per heavy atom. The number of benzene rings is 2. The maximum atomic E-state index is 12.1. The number of ketones is 1. The number of carbonyl (C=O) groups excluding carboxylic acids is 2. The van der Waals surface area contributed by atoms with E-state index in [1.807, 2.05) is 44.2 Å². The number of alkyl carbamates (subject to hydrolysis) is 1. The van der Waals surface area contributed by atoms with Gasteiger partial charge >= 0.3 is 6.09 Å². The van der Waals surface area contributed by atoms with Crippen molar-refractivity contribution < 1.29 is 19.1 Å². The lowest BCUT2D eigenvalue weighted by Gasteiger charge is -2.12. The molecule has 0 spiro atoms. The first-order valence-electron chi connectivity index (χ1n) is 8.81. The summed E-state index contributed by atoms with van der Waals surface area (Å²) in [6, 6.07) is 16.7. The smallest absolute Gasteiger partial charge is 0.407 e. The molecule has 0 heterocycles. The fourth-order valence-electron chi connectivity index (χ4n) is 2.44. The molecule has 0 bridgehead atoms. The molecule has 1 amide bonds. The summed E-state index contributed by atoms with van der Waals surface area (Å²) < 4.78 is 10.7. The van der Waals surface area contributed by atoms with Crippen molar-refractivity contribution in [3.63, 3.8) is 0 Å². The van der Waals surface area contributed by atoms with Gasteiger partial charge in [0, 0.05) is 11.6 Å². The summed E-state index contributed by atoms with van der Waals surface area (Å²) in [4.78, 5) is 23.7. The van der Waals surface area contributed by atoms with E-state index >= 15 is 0 Å². The molecule has 0 radical (unpaired) electrons. The summed E-state index contributed by atoms with van der Waals surface area (Å²) in [7, 11) is 0. The predicted molar refractivity (Wildman–Crippen MR) is 100 cm³/mol. The summed E-state index contributed by atoms with van der Waals surface area (Å²) in [5.74, 6) is 0.426. The zero-order chi connectivity index (χ0) is 18.8. The second-order valence-corrected chi connectivity index (χ2v) is 6.13. The number of Topliss-reactive ketones (excluding diaryl/α,β-unsaturated/α-hetero) is 1. The number of hydrogen-bond donors (Lipinski definition) is 1. The van der Waals surface area contributed by atoms with Crippen LogP contribution in [-0.2, 0) is 11.3 Å². The van der Waals surface area contributed by atoms with Crippen LogP contribution in [0.2, 0.25) is 0 Å². The van der Waals surface area contributed by atoms with Gasteiger partial charge in [-0.1, -0.05) is 43.7 Å². The van der Waals surface area contributed by atoms with Crippen molar-refractivity contribution in [1.82, 2.24) is 5.32 Å². The highest BCUT2D eigenvalue weighted by Crippen LogP contribution is 2.14. The molecule has 2 aromatic rings. The molecule has 0 saturated heterocycles. The summed E-state index contributed by atoms with van der Waals surface area (Å²) in [5, 5.41) is 2.70. The van der Waals surface area contributed by atoms with E-state index in [0.717, 1.165) is 18.4 Å². The van der Waals surface area contributed by atoms with Crippen LogP contribution in [0.5, 0.6) is 5.75 Å². The molecule has 1 N–H and O–H groups in total. The van der Waals surface area contributed by atoms with Gasteiger partial charge in [-0.05, 0) is 43.2 Å². The summed E-state index contributed by atoms with van der Waals surface area (Å²) >= 11 is 0. The predicted octanol–water partition coefficient (Wildman–Crippen LogP) is 4.36. The van der Waals surface area contributed by atoms with Gasteiger partial charge < -0.3 is 14.8 Å². The molecule has 5 heteroatoms. The van der Waals surface area contributed by atoms with Crippen LogP contribution >= 0.6 is 0 Å². The minimum absolute atomic E-state index is 0.0312. The summed E-state index contributed by atoms with van der Waals surface area (Å²) in [6.45, 7) is 4.13. The number of rotatable bonds is 9. The fraction of sp³-hybridized carbons (Fsp3) is 0.333. The van der Waals surface area contributed by atoms with Gasteiger partial charge in [-0.2, -0.15) is 0 Å². The molecule has 26 heavy (non-hydrogen) atoms. The van der Waals surface area contributed by atoms with Crippen LogP contribution in [0, 0.1) is 0 Å². The molecule has 0 unspecified atom stereocenters. The van der Waals surface area contributed by atoms with Gasteiger partial charge in [0.15, 0.2) is 12.4 Å². The zero-order valence-corrected chi connectivity index (χ0v) is 15.2. The first-order valence-corrected chi connectivity index (χ1v) is 8.81. The Hall–Kier alpha value is -2.82. The largest absolute Gasteiger partial charge is 0.489 e. The van der Waals surface area contributed by atoms with E-state index in [1.165, 1.54) is 0 Å². The van der Waals surface area contributed by atoms with Crippen molar-refractivity contribution in [2.45, 2.75) is 39.3 Å². The maximum absolute atomic E-state index is 12.1. The summed E-state index contributed by atoms with van der Waals surface area (Å²) in [5.41, 5.74) is 1.55. The molecule has 2 aromatic carbocycles. The Bertz CT molecular complexity index is 698. The van der Waals surface area contributed by atoms with E-state index in [2.05, 4.69) is 5.32 Å². The highest BCUT2D eigenvalue weighted by Gasteiger charge is 2.12. The minimum Gasteiger partial charge on any atom is -0.489 e. The highest BCUT2D eigenvalue weighted by atomic mass is 16.6. The van der Waals surface area contributed by atoms with E-state index in [0.29, 0.717) is 17.9 Å². The van der Waals surface area contributed by atoms with Crippen molar-refractivity contribution in [2.24, 2.45) is 0 Å². The summed E-state index contributed by atoms with van der Waals surface area (Å²) in [6.07, 6.45) is 1.27. The van der Waals surface area contributed by atoms with Crippen LogP contribution < -0.4 is 10.1 Å². The molecular weight excluding hydrogens is 330 g/mol. The third-order valence-electron chi connectivity index (χ3n) is 3.84. The van der Waals surface area contributed by atoms with Gasteiger partial charge in [-0.15, -0.1) is 0 Å². The average molecular weight is 355 g/mol. The lowest BCUT2D eigenvalue weighted by molar-refractivity contribution is 0.0839. The van der Waals surface area contributed by atoms with Crippen LogP contribution in [0.25, 0.3) is 0 Å². The van der Waals surface area contributed by atoms with Crippen molar-refractivity contribution in [3.8, 4) is 5.75 Å². The molecule has 0 aromatic heterocycles. The molecule has 0 fully saturated rings. The molecule has 5 nitrogen and oxygen atoms in total. The number of ether oxygens (including phenoxy) is 2. The van der Waals surface area contributed by atoms with E-state index in [9.17, 15) is 9.59 Å². The second-order valence-electron chi connectivity index (χ2n) is 6.13. The molecule has 0 aliphatic carbocycles. The molecule has 0 saturated carbocycles. The van der Waals surface area contributed by atoms with Crippen LogP contribution in [-0.4, -0.2) is 24.5 Å². The Morgan fingerprint density at radius 2 is 1.73 bits per heavy atom. The second kappa shape index (κ2) is 10.2. The standard InChI is InChI=1S/C21H25NO4/c1-3-7-16(2)22-21(24)26-15-20(23)18-10-12-19(13-11-18)25-14-17-8-5-4-6-9-17/h4-6,8-13,16H,3,7,14-15H2,1-2H3,(H,22,24)/t16-/m0/s1. The van der Waals surface area contributed by atoms with Crippen LogP contribution in [0.15, 0.2) is 54.6 Å². The number of carbonyl (C=O) groups is 2. The Morgan fingerprint density at radius 1 is 1.04 bits per heavy atom. The van der Waals surface area contributed by atoms with E-state index < -0.39 is 6.09 Å². The third-order valence-corrected chi connectivity index (χ3v) is 3.84. The van der Waals surface area contributed by atoms with E-state index in [-0.39, 0.29) is 18.4 Å². The average Bonchev–Trinajstić information content (AvgIpc) is 2.66. The topological polar surface area (TPSA) is 64.6 Å². The van der Waals surface area contributed by atoms with Crippen LogP contribution in [0.3, 0.4) is 0 Å². The normalized spacial score (nSPS) is 11.5. The minimum atomic E-state index is -0.567. The third kappa shape index (κ3) is 6.59. The molecule has 0 aliphatic rings. The molecule has 1 atom stereocenters. The van der Waals surface area contributed by atoms with Crippen molar-refractivity contribution in [1.29, 1.82) is 0 Å². The Balaban J connectivity index is 1.78. The lowest BCUT2D eigenvalue weighted by atomic mass is 10.1. The van der Waals surface area contributed by atoms with Crippen LogP contribution in [0.1, 0.15) is 42.6 Å². The highest BCUT2D eigenvalue weighted by molar-refractivity contribution is 5.97. The molecule has 0 aliphatic heterocycles. The molecular formula is C21H25NO4. The fourth-order valence-corrected chi connectivity index (χ4v) is 2.44. The SMILES string of the molecule is CCC[C@H](C)NC(=O)OCC(=O)c1ccc(OCc2ccccc2)cc1. The number of hydrogen-bond acceptors (Lipinski definition) is 4. The quantitative estimate of drug-likeness (QED) is 0.679. The number of nitrogens with one attached hydrogen (secondary N) is 1. The molecule has 2 rings (SSSR count). The lowest BCUT2D eigenvalue weighted by Crippen LogP contribution is -2.34. The van der Waals surface area contributed by atoms with Gasteiger partial charge in [0.2, 0.25) is 0 Å².